The Hall–Kier alpha value is -1.59. The Labute approximate surface area is 123 Å². The summed E-state index contributed by atoms with van der Waals surface area (Å²) in [5.74, 6) is -0.385. The number of nitrogens with zero attached hydrogens (tertiary/aromatic N) is 2. The van der Waals surface area contributed by atoms with Crippen LogP contribution in [0.4, 0.5) is 0 Å². The largest absolute Gasteiger partial charge is 0.539 e. The van der Waals surface area contributed by atoms with Gasteiger partial charge in [0.25, 0.3) is 0 Å². The lowest BCUT2D eigenvalue weighted by atomic mass is 10.1. The first-order chi connectivity index (χ1) is 9.59. The number of nitrogens with one attached hydrogen (secondary N) is 1. The molecular formula is C14H18ClN3O2. The van der Waals surface area contributed by atoms with Crippen molar-refractivity contribution in [3.05, 3.63) is 40.5 Å². The van der Waals surface area contributed by atoms with Crippen molar-refractivity contribution in [3.63, 3.8) is 0 Å². The van der Waals surface area contributed by atoms with E-state index >= 15 is 0 Å². The van der Waals surface area contributed by atoms with Gasteiger partial charge in [-0.15, -0.1) is 0 Å². The number of hydrogen-bond donors (Lipinski definition) is 1. The van der Waals surface area contributed by atoms with Crippen molar-refractivity contribution in [1.82, 2.24) is 10.6 Å². The number of halogens is 1. The number of aromatic nitrogens is 2. The minimum absolute atomic E-state index is 0.0989. The first kappa shape index (κ1) is 14.8. The summed E-state index contributed by atoms with van der Waals surface area (Å²) in [5, 5.41) is 19.3. The second-order valence-electron chi connectivity index (χ2n) is 4.86. The molecule has 0 aliphatic rings. The lowest BCUT2D eigenvalue weighted by Crippen LogP contribution is -2.43. The van der Waals surface area contributed by atoms with Gasteiger partial charge >= 0.3 is 0 Å². The van der Waals surface area contributed by atoms with E-state index in [1.54, 1.807) is 4.68 Å². The van der Waals surface area contributed by atoms with Crippen molar-refractivity contribution >= 4 is 11.6 Å². The van der Waals surface area contributed by atoms with Gasteiger partial charge in [0.15, 0.2) is 12.0 Å². The molecule has 6 heteroatoms. The maximum absolute atomic E-state index is 11.6. The summed E-state index contributed by atoms with van der Waals surface area (Å²) in [6.07, 6.45) is 0.806. The monoisotopic (exact) mass is 295 g/mol. The first-order valence-corrected chi connectivity index (χ1v) is 6.99. The fraction of sp³-hybridized carbons (Fsp3) is 0.429. The van der Waals surface area contributed by atoms with Crippen LogP contribution < -0.4 is 15.1 Å². The van der Waals surface area contributed by atoms with Crippen LogP contribution in [0.1, 0.15) is 31.1 Å². The van der Waals surface area contributed by atoms with Crippen molar-refractivity contribution in [2.45, 2.75) is 32.9 Å². The van der Waals surface area contributed by atoms with E-state index in [0.717, 1.165) is 23.6 Å². The molecule has 2 aromatic rings. The Bertz CT molecular complexity index is 569. The van der Waals surface area contributed by atoms with Crippen LogP contribution in [0.15, 0.2) is 28.8 Å². The van der Waals surface area contributed by atoms with Crippen molar-refractivity contribution < 1.29 is 14.3 Å². The summed E-state index contributed by atoms with van der Waals surface area (Å²) in [5.41, 5.74) is 1.63. The summed E-state index contributed by atoms with van der Waals surface area (Å²) >= 11 is 6.09. The molecule has 2 rings (SSSR count). The minimum Gasteiger partial charge on any atom is -0.539 e. The van der Waals surface area contributed by atoms with Gasteiger partial charge in [-0.2, -0.15) is 0 Å². The Balaban J connectivity index is 1.88. The van der Waals surface area contributed by atoms with E-state index in [9.17, 15) is 5.11 Å². The molecule has 0 fully saturated rings. The summed E-state index contributed by atoms with van der Waals surface area (Å²) in [6, 6.07) is 7.84. The molecule has 0 unspecified atom stereocenters. The van der Waals surface area contributed by atoms with E-state index in [4.69, 9.17) is 11.6 Å². The molecule has 0 spiro atoms. The molecule has 1 heterocycles. The van der Waals surface area contributed by atoms with Crippen molar-refractivity contribution in [1.29, 1.82) is 0 Å². The summed E-state index contributed by atoms with van der Waals surface area (Å²) in [6.45, 7) is 5.07. The molecule has 0 radical (unpaired) electrons. The fourth-order valence-corrected chi connectivity index (χ4v) is 2.20. The lowest BCUT2D eigenvalue weighted by Gasteiger charge is -2.05. The van der Waals surface area contributed by atoms with E-state index in [1.807, 2.05) is 38.1 Å². The van der Waals surface area contributed by atoms with Gasteiger partial charge in [-0.3, -0.25) is 0 Å². The highest BCUT2D eigenvalue weighted by Gasteiger charge is 2.19. The third kappa shape index (κ3) is 3.49. The average Bonchev–Trinajstić information content (AvgIpc) is 2.78. The van der Waals surface area contributed by atoms with E-state index in [0.29, 0.717) is 12.2 Å². The molecule has 0 atom stereocenters. The normalized spacial score (nSPS) is 11.2. The lowest BCUT2D eigenvalue weighted by molar-refractivity contribution is -0.785. The highest BCUT2D eigenvalue weighted by Crippen LogP contribution is 2.15. The molecule has 1 N–H and O–H groups in total. The van der Waals surface area contributed by atoms with E-state index in [-0.39, 0.29) is 12.0 Å². The van der Waals surface area contributed by atoms with Crippen LogP contribution in [-0.2, 0) is 13.0 Å². The average molecular weight is 296 g/mol. The Morgan fingerprint density at radius 1 is 1.40 bits per heavy atom. The fourth-order valence-electron chi connectivity index (χ4n) is 1.97. The van der Waals surface area contributed by atoms with Crippen molar-refractivity contribution in [2.24, 2.45) is 0 Å². The van der Waals surface area contributed by atoms with Crippen LogP contribution in [0.5, 0.6) is 5.95 Å². The maximum Gasteiger partial charge on any atom is 0.247 e. The summed E-state index contributed by atoms with van der Waals surface area (Å²) in [4.78, 5) is 0. The van der Waals surface area contributed by atoms with Crippen LogP contribution in [0.3, 0.4) is 0 Å². The molecule has 0 aliphatic carbocycles. The third-order valence-electron chi connectivity index (χ3n) is 3.03. The molecule has 108 valence electrons. The van der Waals surface area contributed by atoms with Gasteiger partial charge in [-0.1, -0.05) is 34.5 Å². The molecule has 0 aliphatic heterocycles. The number of benzene rings is 1. The van der Waals surface area contributed by atoms with Crippen LogP contribution in [0.25, 0.3) is 0 Å². The van der Waals surface area contributed by atoms with Gasteiger partial charge in [0.1, 0.15) is 0 Å². The van der Waals surface area contributed by atoms with Crippen LogP contribution in [0, 0.1) is 0 Å². The maximum atomic E-state index is 11.6. The van der Waals surface area contributed by atoms with E-state index < -0.39 is 0 Å². The Morgan fingerprint density at radius 2 is 2.15 bits per heavy atom. The van der Waals surface area contributed by atoms with Gasteiger partial charge < -0.3 is 14.9 Å². The molecule has 0 saturated heterocycles. The van der Waals surface area contributed by atoms with Gasteiger partial charge in [-0.25, -0.2) is 0 Å². The topological polar surface area (TPSA) is 65.0 Å². The minimum atomic E-state index is -0.385. The quantitative estimate of drug-likeness (QED) is 0.649. The second-order valence-corrected chi connectivity index (χ2v) is 5.27. The number of rotatable bonds is 6. The first-order valence-electron chi connectivity index (χ1n) is 6.61. The number of hydrogen-bond acceptors (Lipinski definition) is 4. The molecule has 0 saturated carbocycles. The predicted molar refractivity (Wildman–Crippen MR) is 73.4 cm³/mol. The van der Waals surface area contributed by atoms with Crippen LogP contribution in [-0.4, -0.2) is 11.8 Å². The zero-order valence-electron chi connectivity index (χ0n) is 11.6. The van der Waals surface area contributed by atoms with E-state index in [2.05, 4.69) is 15.1 Å². The molecule has 0 bridgehead atoms. The van der Waals surface area contributed by atoms with Crippen LogP contribution in [0.2, 0.25) is 5.02 Å². The highest BCUT2D eigenvalue weighted by atomic mass is 35.5. The van der Waals surface area contributed by atoms with Crippen molar-refractivity contribution in [3.8, 4) is 5.95 Å². The van der Waals surface area contributed by atoms with Gasteiger partial charge in [-0.05, 0) is 38.4 Å². The predicted octanol–water partition coefficient (Wildman–Crippen LogP) is 1.60. The Kier molecular flexibility index (Phi) is 4.98. The molecule has 5 nitrogen and oxygen atoms in total. The van der Waals surface area contributed by atoms with Crippen molar-refractivity contribution in [2.75, 3.05) is 6.54 Å². The van der Waals surface area contributed by atoms with Gasteiger partial charge in [0, 0.05) is 5.02 Å². The smallest absolute Gasteiger partial charge is 0.247 e. The highest BCUT2D eigenvalue weighted by molar-refractivity contribution is 6.31. The second kappa shape index (κ2) is 6.72. The molecule has 1 aromatic heterocycles. The van der Waals surface area contributed by atoms with Crippen LogP contribution >= 0.6 is 11.6 Å². The zero-order valence-corrected chi connectivity index (χ0v) is 12.4. The summed E-state index contributed by atoms with van der Waals surface area (Å²) in [7, 11) is 0. The zero-order chi connectivity index (χ0) is 14.5. The SMILES string of the molecule is CC(C)[n+]1noc([O-])c1CNCCc1ccccc1Cl. The standard InChI is InChI=1S/C14H18ClN3O2/c1-10(2)18-13(14(19)20-17-18)9-16-8-7-11-5-3-4-6-12(11)15/h3-6,10,16H,7-9H2,1-2H3. The molecule has 1 aromatic carbocycles. The summed E-state index contributed by atoms with van der Waals surface area (Å²) < 4.78 is 6.29. The molecular weight excluding hydrogens is 278 g/mol. The van der Waals surface area contributed by atoms with Gasteiger partial charge in [0.05, 0.1) is 11.8 Å². The molecule has 20 heavy (non-hydrogen) atoms. The van der Waals surface area contributed by atoms with Gasteiger partial charge in [0.2, 0.25) is 5.69 Å². The Morgan fingerprint density at radius 3 is 2.85 bits per heavy atom. The molecule has 0 amide bonds. The third-order valence-corrected chi connectivity index (χ3v) is 3.40. The van der Waals surface area contributed by atoms with E-state index in [1.165, 1.54) is 0 Å².